The Hall–Kier alpha value is -3.22. The number of hydrogen-bond donors (Lipinski definition) is 2. The average molecular weight is 406 g/mol. The van der Waals surface area contributed by atoms with Crippen LogP contribution in [0, 0.1) is 25.7 Å². The van der Waals surface area contributed by atoms with Gasteiger partial charge < -0.3 is 5.32 Å². The standard InChI is InChI=1S/C23H27N5O2/c1-14-12-20(26-25-14)16-8-10-17(11-9-16)22(29)18-6-4-5-7-19(18)23(30)24-21-13-28(3)27-15(21)2/h8-13,18-19H,4-7H2,1-3H3,(H,24,30)(H,25,26)/t18-,19-/m1/s1. The molecule has 0 spiro atoms. The van der Waals surface area contributed by atoms with Gasteiger partial charge in [0.25, 0.3) is 0 Å². The van der Waals surface area contributed by atoms with Gasteiger partial charge >= 0.3 is 0 Å². The third-order valence-corrected chi connectivity index (χ3v) is 5.88. The normalized spacial score (nSPS) is 18.9. The molecule has 1 aliphatic rings. The van der Waals surface area contributed by atoms with E-state index in [-0.39, 0.29) is 23.5 Å². The van der Waals surface area contributed by atoms with E-state index in [1.54, 1.807) is 10.9 Å². The minimum absolute atomic E-state index is 0.0440. The number of nitrogens with one attached hydrogen (secondary N) is 2. The molecule has 0 bridgehead atoms. The summed E-state index contributed by atoms with van der Waals surface area (Å²) in [5.74, 6) is -0.663. The number of hydrogen-bond acceptors (Lipinski definition) is 4. The molecule has 0 saturated heterocycles. The van der Waals surface area contributed by atoms with Crippen LogP contribution >= 0.6 is 0 Å². The molecule has 1 aromatic carbocycles. The van der Waals surface area contributed by atoms with Crippen LogP contribution in [0.15, 0.2) is 36.5 Å². The van der Waals surface area contributed by atoms with E-state index in [4.69, 9.17) is 0 Å². The second-order valence-corrected chi connectivity index (χ2v) is 8.17. The Morgan fingerprint density at radius 3 is 2.40 bits per heavy atom. The average Bonchev–Trinajstić information content (AvgIpc) is 3.32. The summed E-state index contributed by atoms with van der Waals surface area (Å²) >= 11 is 0. The first kappa shape index (κ1) is 20.1. The SMILES string of the molecule is Cc1cc(-c2ccc(C(=O)[C@@H]3CCCC[C@H]3C(=O)Nc3cn(C)nc3C)cc2)n[nH]1. The fourth-order valence-corrected chi connectivity index (χ4v) is 4.29. The molecular formula is C23H27N5O2. The molecule has 2 aromatic heterocycles. The van der Waals surface area contributed by atoms with Crippen LogP contribution in [0.2, 0.25) is 0 Å². The van der Waals surface area contributed by atoms with Gasteiger partial charge in [0.2, 0.25) is 5.91 Å². The van der Waals surface area contributed by atoms with Crippen molar-refractivity contribution in [3.05, 3.63) is 53.5 Å². The van der Waals surface area contributed by atoms with Gasteiger partial charge in [-0.2, -0.15) is 10.2 Å². The Labute approximate surface area is 175 Å². The summed E-state index contributed by atoms with van der Waals surface area (Å²) < 4.78 is 1.68. The number of aromatic nitrogens is 4. The number of aromatic amines is 1. The van der Waals surface area contributed by atoms with Crippen molar-refractivity contribution in [2.45, 2.75) is 39.5 Å². The predicted molar refractivity (Wildman–Crippen MR) is 115 cm³/mol. The second kappa shape index (κ2) is 8.26. The van der Waals surface area contributed by atoms with E-state index in [1.165, 1.54) is 0 Å². The summed E-state index contributed by atoms with van der Waals surface area (Å²) in [7, 11) is 1.82. The molecule has 3 aromatic rings. The highest BCUT2D eigenvalue weighted by molar-refractivity contribution is 6.03. The van der Waals surface area contributed by atoms with Gasteiger partial charge in [-0.05, 0) is 32.8 Å². The van der Waals surface area contributed by atoms with Crippen molar-refractivity contribution in [1.82, 2.24) is 20.0 Å². The molecule has 0 radical (unpaired) electrons. The van der Waals surface area contributed by atoms with Gasteiger partial charge in [0.1, 0.15) is 0 Å². The molecule has 30 heavy (non-hydrogen) atoms. The van der Waals surface area contributed by atoms with E-state index >= 15 is 0 Å². The number of amides is 1. The van der Waals surface area contributed by atoms with Crippen LogP contribution in [0.5, 0.6) is 0 Å². The molecule has 2 atom stereocenters. The summed E-state index contributed by atoms with van der Waals surface area (Å²) in [6, 6.07) is 9.49. The van der Waals surface area contributed by atoms with Gasteiger partial charge in [-0.25, -0.2) is 0 Å². The van der Waals surface area contributed by atoms with Crippen molar-refractivity contribution < 1.29 is 9.59 Å². The molecule has 2 heterocycles. The molecule has 156 valence electrons. The zero-order valence-corrected chi connectivity index (χ0v) is 17.6. The van der Waals surface area contributed by atoms with Gasteiger partial charge in [-0.3, -0.25) is 19.4 Å². The van der Waals surface area contributed by atoms with Gasteiger partial charge in [0.05, 0.1) is 17.1 Å². The summed E-state index contributed by atoms with van der Waals surface area (Å²) in [5, 5.41) is 14.5. The Morgan fingerprint density at radius 2 is 1.80 bits per heavy atom. The quantitative estimate of drug-likeness (QED) is 0.626. The highest BCUT2D eigenvalue weighted by atomic mass is 16.2. The van der Waals surface area contributed by atoms with Gasteiger partial charge in [0.15, 0.2) is 5.78 Å². The van der Waals surface area contributed by atoms with E-state index < -0.39 is 0 Å². The second-order valence-electron chi connectivity index (χ2n) is 8.17. The number of Topliss-reactive ketones (excluding diaryl/α,β-unsaturated/α-hetero) is 1. The molecule has 1 aliphatic carbocycles. The number of rotatable bonds is 5. The lowest BCUT2D eigenvalue weighted by Gasteiger charge is -2.29. The van der Waals surface area contributed by atoms with Crippen molar-refractivity contribution in [3.63, 3.8) is 0 Å². The molecular weight excluding hydrogens is 378 g/mol. The fraction of sp³-hybridized carbons (Fsp3) is 0.391. The first-order chi connectivity index (χ1) is 14.4. The number of anilines is 1. The van der Waals surface area contributed by atoms with Crippen LogP contribution in [0.1, 0.15) is 47.4 Å². The maximum Gasteiger partial charge on any atom is 0.228 e. The fourth-order valence-electron chi connectivity index (χ4n) is 4.29. The minimum atomic E-state index is -0.320. The molecule has 0 unspecified atom stereocenters. The predicted octanol–water partition coefficient (Wildman–Crippen LogP) is 4.05. The van der Waals surface area contributed by atoms with E-state index in [1.807, 2.05) is 51.2 Å². The van der Waals surface area contributed by atoms with Gasteiger partial charge in [-0.15, -0.1) is 0 Å². The van der Waals surface area contributed by atoms with E-state index in [2.05, 4.69) is 20.6 Å². The highest BCUT2D eigenvalue weighted by Gasteiger charge is 2.36. The maximum absolute atomic E-state index is 13.3. The summed E-state index contributed by atoms with van der Waals surface area (Å²) in [4.78, 5) is 26.3. The van der Waals surface area contributed by atoms with Crippen molar-refractivity contribution in [2.75, 3.05) is 5.32 Å². The van der Waals surface area contributed by atoms with Crippen LogP contribution in [0.25, 0.3) is 11.3 Å². The molecule has 1 amide bonds. The Balaban J connectivity index is 1.51. The number of carbonyl (C=O) groups excluding carboxylic acids is 2. The molecule has 7 heteroatoms. The maximum atomic E-state index is 13.3. The molecule has 2 N–H and O–H groups in total. The number of ketones is 1. The summed E-state index contributed by atoms with van der Waals surface area (Å²) in [6.07, 6.45) is 5.19. The Kier molecular flexibility index (Phi) is 5.53. The Morgan fingerprint density at radius 1 is 1.10 bits per heavy atom. The number of nitrogens with zero attached hydrogens (tertiary/aromatic N) is 3. The van der Waals surface area contributed by atoms with Crippen molar-refractivity contribution in [2.24, 2.45) is 18.9 Å². The first-order valence-corrected chi connectivity index (χ1v) is 10.4. The Bertz CT molecular complexity index is 1060. The van der Waals surface area contributed by atoms with E-state index in [9.17, 15) is 9.59 Å². The van der Waals surface area contributed by atoms with Crippen LogP contribution in [-0.4, -0.2) is 31.7 Å². The lowest BCUT2D eigenvalue weighted by Crippen LogP contribution is -2.36. The van der Waals surface area contributed by atoms with Crippen LogP contribution in [0.3, 0.4) is 0 Å². The number of aryl methyl sites for hydroxylation is 3. The number of benzene rings is 1. The topological polar surface area (TPSA) is 92.7 Å². The molecule has 1 saturated carbocycles. The van der Waals surface area contributed by atoms with Gasteiger partial charge in [0, 0.05) is 41.9 Å². The van der Waals surface area contributed by atoms with Crippen LogP contribution in [-0.2, 0) is 11.8 Å². The smallest absolute Gasteiger partial charge is 0.228 e. The third-order valence-electron chi connectivity index (χ3n) is 5.88. The van der Waals surface area contributed by atoms with Crippen LogP contribution < -0.4 is 5.32 Å². The summed E-state index contributed by atoms with van der Waals surface area (Å²) in [5.41, 5.74) is 4.93. The molecule has 4 rings (SSSR count). The van der Waals surface area contributed by atoms with Gasteiger partial charge in [-0.1, -0.05) is 37.1 Å². The zero-order chi connectivity index (χ0) is 21.3. The van der Waals surface area contributed by atoms with Crippen molar-refractivity contribution >= 4 is 17.4 Å². The first-order valence-electron chi connectivity index (χ1n) is 10.4. The molecule has 7 nitrogen and oxygen atoms in total. The van der Waals surface area contributed by atoms with Crippen molar-refractivity contribution in [3.8, 4) is 11.3 Å². The largest absolute Gasteiger partial charge is 0.323 e. The summed E-state index contributed by atoms with van der Waals surface area (Å²) in [6.45, 7) is 3.82. The lowest BCUT2D eigenvalue weighted by atomic mass is 9.75. The minimum Gasteiger partial charge on any atom is -0.323 e. The molecule has 0 aliphatic heterocycles. The van der Waals surface area contributed by atoms with E-state index in [0.29, 0.717) is 11.3 Å². The monoisotopic (exact) mass is 405 g/mol. The van der Waals surface area contributed by atoms with Crippen molar-refractivity contribution in [1.29, 1.82) is 0 Å². The number of carbonyl (C=O) groups is 2. The highest BCUT2D eigenvalue weighted by Crippen LogP contribution is 2.34. The van der Waals surface area contributed by atoms with Crippen LogP contribution in [0.4, 0.5) is 5.69 Å². The zero-order valence-electron chi connectivity index (χ0n) is 17.6. The third kappa shape index (κ3) is 4.06. The lowest BCUT2D eigenvalue weighted by molar-refractivity contribution is -0.122. The number of H-pyrrole nitrogens is 1. The molecule has 1 fully saturated rings. The van der Waals surface area contributed by atoms with E-state index in [0.717, 1.165) is 48.3 Å².